The van der Waals surface area contributed by atoms with Gasteiger partial charge in [-0.15, -0.1) is 0 Å². The van der Waals surface area contributed by atoms with Crippen molar-refractivity contribution in [3.63, 3.8) is 0 Å². The third-order valence-electron chi connectivity index (χ3n) is 11.1. The van der Waals surface area contributed by atoms with E-state index in [0.29, 0.717) is 0 Å². The molecule has 0 aliphatic carbocycles. The van der Waals surface area contributed by atoms with Crippen molar-refractivity contribution in [2.24, 2.45) is 0 Å². The van der Waals surface area contributed by atoms with Gasteiger partial charge in [-0.25, -0.2) is 9.97 Å². The first-order chi connectivity index (χ1) is 26.8. The van der Waals surface area contributed by atoms with Crippen molar-refractivity contribution >= 4 is 97.9 Å². The standard InChI is InChI=1S/C50H29N3O/c1-2-12-30(13-3-1)48-50(53-43-21-8-6-18-38(43)39-19-7-9-22-44(39)53)51-42-29-34-28-40(49(42)52-48)32-15-10-14-31(26-32)35-16-4-5-17-36(35)33-24-25-45-41(27-33)47-37(34)20-11-23-46(47)54-45/h1-29H. The molecule has 0 N–H and O–H groups in total. The van der Waals surface area contributed by atoms with Crippen LogP contribution in [0.4, 0.5) is 0 Å². The minimum absolute atomic E-state index is 0.798. The molecule has 0 saturated heterocycles. The van der Waals surface area contributed by atoms with Crippen LogP contribution < -0.4 is 0 Å². The highest BCUT2D eigenvalue weighted by atomic mass is 16.3. The van der Waals surface area contributed by atoms with Gasteiger partial charge in [0.15, 0.2) is 5.82 Å². The fraction of sp³-hybridized carbons (Fsp3) is 0. The molecule has 54 heavy (non-hydrogen) atoms. The summed E-state index contributed by atoms with van der Waals surface area (Å²) >= 11 is 0. The molecule has 250 valence electrons. The Bertz CT molecular complexity index is 3510. The van der Waals surface area contributed by atoms with E-state index in [0.717, 1.165) is 93.4 Å². The Morgan fingerprint density at radius 2 is 1.00 bits per heavy atom. The number of rotatable bonds is 2. The zero-order chi connectivity index (χ0) is 35.3. The largest absolute Gasteiger partial charge is 0.456 e. The fourth-order valence-corrected chi connectivity index (χ4v) is 8.70. The van der Waals surface area contributed by atoms with E-state index in [4.69, 9.17) is 14.4 Å². The van der Waals surface area contributed by atoms with Gasteiger partial charge in [-0.2, -0.15) is 0 Å². The summed E-state index contributed by atoms with van der Waals surface area (Å²) in [6, 6.07) is 62.6. The number of fused-ring (bicyclic) bond motifs is 15. The van der Waals surface area contributed by atoms with Gasteiger partial charge in [0.05, 0.1) is 22.1 Å². The number of hydrogen-bond acceptors (Lipinski definition) is 3. The van der Waals surface area contributed by atoms with E-state index in [1.165, 1.54) is 21.5 Å². The molecule has 6 bridgehead atoms. The molecule has 0 radical (unpaired) electrons. The van der Waals surface area contributed by atoms with Crippen molar-refractivity contribution in [2.45, 2.75) is 0 Å². The molecule has 12 aromatic rings. The van der Waals surface area contributed by atoms with E-state index in [9.17, 15) is 0 Å². The predicted octanol–water partition coefficient (Wildman–Crippen LogP) is 13.5. The monoisotopic (exact) mass is 687 g/mol. The van der Waals surface area contributed by atoms with Crippen LogP contribution >= 0.6 is 0 Å². The first-order valence-electron chi connectivity index (χ1n) is 18.3. The molecule has 0 atom stereocenters. The van der Waals surface area contributed by atoms with Gasteiger partial charge in [0.1, 0.15) is 16.9 Å². The lowest BCUT2D eigenvalue weighted by molar-refractivity contribution is 0.669. The normalized spacial score (nSPS) is 12.1. The second kappa shape index (κ2) is 11.1. The zero-order valence-electron chi connectivity index (χ0n) is 29.0. The fourth-order valence-electron chi connectivity index (χ4n) is 8.70. The molecule has 3 aromatic heterocycles. The molecule has 0 fully saturated rings. The summed E-state index contributed by atoms with van der Waals surface area (Å²) < 4.78 is 8.81. The van der Waals surface area contributed by atoms with E-state index in [1.807, 2.05) is 0 Å². The Hall–Kier alpha value is -7.30. The summed E-state index contributed by atoms with van der Waals surface area (Å²) in [5.41, 5.74) is 7.44. The quantitative estimate of drug-likeness (QED) is 0.182. The first-order valence-corrected chi connectivity index (χ1v) is 18.3. The van der Waals surface area contributed by atoms with Crippen LogP contribution in [0.3, 0.4) is 0 Å². The highest BCUT2D eigenvalue weighted by molar-refractivity contribution is 6.22. The summed E-state index contributed by atoms with van der Waals surface area (Å²) in [7, 11) is 0. The van der Waals surface area contributed by atoms with Crippen LogP contribution in [0.1, 0.15) is 0 Å². The number of aromatic nitrogens is 3. The molecule has 3 heterocycles. The van der Waals surface area contributed by atoms with Crippen molar-refractivity contribution in [1.82, 2.24) is 14.5 Å². The number of hydrogen-bond donors (Lipinski definition) is 0. The highest BCUT2D eigenvalue weighted by Crippen LogP contribution is 2.40. The summed E-state index contributed by atoms with van der Waals surface area (Å²) in [5.74, 6) is 0.798. The molecule has 0 spiro atoms. The Labute approximate surface area is 308 Å². The average molecular weight is 688 g/mol. The second-order valence-corrected chi connectivity index (χ2v) is 14.1. The maximum absolute atomic E-state index is 6.52. The van der Waals surface area contributed by atoms with Crippen LogP contribution in [-0.2, 0) is 0 Å². The lowest BCUT2D eigenvalue weighted by atomic mass is 10.0. The van der Waals surface area contributed by atoms with Gasteiger partial charge >= 0.3 is 0 Å². The van der Waals surface area contributed by atoms with Crippen molar-refractivity contribution in [1.29, 1.82) is 0 Å². The number of nitrogens with zero attached hydrogens (tertiary/aromatic N) is 3. The second-order valence-electron chi connectivity index (χ2n) is 14.1. The van der Waals surface area contributed by atoms with Crippen LogP contribution in [0.15, 0.2) is 180 Å². The highest BCUT2D eigenvalue weighted by Gasteiger charge is 2.20. The Morgan fingerprint density at radius 1 is 0.389 bits per heavy atom. The molecule has 4 nitrogen and oxygen atoms in total. The van der Waals surface area contributed by atoms with Crippen LogP contribution in [0.5, 0.6) is 0 Å². The topological polar surface area (TPSA) is 43.9 Å². The van der Waals surface area contributed by atoms with Crippen LogP contribution in [0.2, 0.25) is 0 Å². The van der Waals surface area contributed by atoms with Gasteiger partial charge in [-0.05, 0) is 86.2 Å². The zero-order valence-corrected chi connectivity index (χ0v) is 29.0. The van der Waals surface area contributed by atoms with Gasteiger partial charge < -0.3 is 4.42 Å². The lowest BCUT2D eigenvalue weighted by Crippen LogP contribution is -2.04. The van der Waals surface area contributed by atoms with E-state index in [-0.39, 0.29) is 0 Å². The van der Waals surface area contributed by atoms with E-state index < -0.39 is 0 Å². The molecular formula is C50H29N3O. The minimum atomic E-state index is 0.798. The molecule has 4 heteroatoms. The Balaban J connectivity index is 1.34. The molecule has 9 aromatic carbocycles. The maximum atomic E-state index is 6.52. The number of furan rings is 1. The maximum Gasteiger partial charge on any atom is 0.165 e. The predicted molar refractivity (Wildman–Crippen MR) is 225 cm³/mol. The molecule has 0 saturated carbocycles. The average Bonchev–Trinajstić information content (AvgIpc) is 3.78. The van der Waals surface area contributed by atoms with Crippen molar-refractivity contribution in [3.8, 4) is 17.1 Å². The molecule has 0 aliphatic rings. The molecule has 12 rings (SSSR count). The van der Waals surface area contributed by atoms with Gasteiger partial charge in [0, 0.05) is 32.5 Å². The van der Waals surface area contributed by atoms with E-state index in [1.54, 1.807) is 0 Å². The Kier molecular flexibility index (Phi) is 6.02. The Morgan fingerprint density at radius 3 is 1.76 bits per heavy atom. The molecular weight excluding hydrogens is 659 g/mol. The SMILES string of the molecule is c1ccc(-c2nc3c(cc4cc3c3cccc(c3)c3ccccc3c3ccc5oc6cccc4c6c5c3)nc2-n2c3ccccc3c3ccccc32)cc1. The van der Waals surface area contributed by atoms with E-state index >= 15 is 0 Å². The number of para-hydroxylation sites is 2. The van der Waals surface area contributed by atoms with Gasteiger partial charge in [0.2, 0.25) is 0 Å². The van der Waals surface area contributed by atoms with Crippen LogP contribution in [0.25, 0.3) is 115 Å². The van der Waals surface area contributed by atoms with Gasteiger partial charge in [0.25, 0.3) is 0 Å². The summed E-state index contributed by atoms with van der Waals surface area (Å²) in [6.07, 6.45) is 0. The lowest BCUT2D eigenvalue weighted by Gasteiger charge is -2.15. The first kappa shape index (κ1) is 29.3. The van der Waals surface area contributed by atoms with Gasteiger partial charge in [-0.3, -0.25) is 4.57 Å². The van der Waals surface area contributed by atoms with Crippen molar-refractivity contribution < 1.29 is 4.42 Å². The smallest absolute Gasteiger partial charge is 0.165 e. The molecule has 0 unspecified atom stereocenters. The molecule has 0 amide bonds. The van der Waals surface area contributed by atoms with Crippen LogP contribution in [0, 0.1) is 0 Å². The minimum Gasteiger partial charge on any atom is -0.456 e. The summed E-state index contributed by atoms with van der Waals surface area (Å²) in [5, 5.41) is 13.5. The third kappa shape index (κ3) is 4.19. The summed E-state index contributed by atoms with van der Waals surface area (Å²) in [6.45, 7) is 0. The van der Waals surface area contributed by atoms with Crippen molar-refractivity contribution in [2.75, 3.05) is 0 Å². The van der Waals surface area contributed by atoms with Gasteiger partial charge in [-0.1, -0.05) is 127 Å². The number of benzene rings is 8. The summed E-state index contributed by atoms with van der Waals surface area (Å²) in [4.78, 5) is 11.3. The van der Waals surface area contributed by atoms with Crippen LogP contribution in [-0.4, -0.2) is 14.5 Å². The molecule has 0 aliphatic heterocycles. The van der Waals surface area contributed by atoms with Crippen molar-refractivity contribution in [3.05, 3.63) is 176 Å². The third-order valence-corrected chi connectivity index (χ3v) is 11.1. The van der Waals surface area contributed by atoms with E-state index in [2.05, 4.69) is 180 Å².